The lowest BCUT2D eigenvalue weighted by Crippen LogP contribution is -2.37. The van der Waals surface area contributed by atoms with Gasteiger partial charge in [0.15, 0.2) is 5.78 Å². The van der Waals surface area contributed by atoms with Gasteiger partial charge in [0.25, 0.3) is 0 Å². The third-order valence-corrected chi connectivity index (χ3v) is 4.57. The maximum Gasteiger partial charge on any atom is 0.312 e. The molecular weight excluding hydrogens is 304 g/mol. The molecule has 0 spiro atoms. The van der Waals surface area contributed by atoms with Crippen molar-refractivity contribution in [2.45, 2.75) is 38.2 Å². The molecule has 0 radical (unpaired) electrons. The molecule has 2 aliphatic rings. The third kappa shape index (κ3) is 2.39. The summed E-state index contributed by atoms with van der Waals surface area (Å²) < 4.78 is 11.6. The number of fused-ring (bicyclic) bond motifs is 3. The molecule has 0 fully saturated rings. The van der Waals surface area contributed by atoms with Crippen LogP contribution >= 0.6 is 0 Å². The van der Waals surface area contributed by atoms with Gasteiger partial charge >= 0.3 is 5.97 Å². The predicted octanol–water partition coefficient (Wildman–Crippen LogP) is 3.87. The maximum atomic E-state index is 12.5. The molecule has 1 atom stereocenters. The first kappa shape index (κ1) is 14.9. The summed E-state index contributed by atoms with van der Waals surface area (Å²) in [5.74, 6) is 0.684. The maximum absolute atomic E-state index is 12.5. The Labute approximate surface area is 140 Å². The molecule has 0 aliphatic carbocycles. The number of Topliss-reactive ketones (excluding diaryl/α,β-unsaturated/α-hetero) is 1. The van der Waals surface area contributed by atoms with Crippen LogP contribution in [0, 0.1) is 0 Å². The van der Waals surface area contributed by atoms with E-state index in [0.29, 0.717) is 23.5 Å². The first-order chi connectivity index (χ1) is 11.4. The molecule has 0 aromatic heterocycles. The Morgan fingerprint density at radius 2 is 1.79 bits per heavy atom. The molecule has 0 bridgehead atoms. The van der Waals surface area contributed by atoms with Crippen LogP contribution in [0.4, 0.5) is 0 Å². The molecular formula is C20H18O4. The van der Waals surface area contributed by atoms with E-state index in [9.17, 15) is 9.59 Å². The molecule has 2 aliphatic heterocycles. The van der Waals surface area contributed by atoms with E-state index in [4.69, 9.17) is 9.47 Å². The number of carbonyl (C=O) groups excluding carboxylic acids is 2. The van der Waals surface area contributed by atoms with Gasteiger partial charge in [0.2, 0.25) is 0 Å². The second kappa shape index (κ2) is 5.20. The van der Waals surface area contributed by atoms with Crippen LogP contribution in [0.25, 0.3) is 0 Å². The topological polar surface area (TPSA) is 52.6 Å². The van der Waals surface area contributed by atoms with Gasteiger partial charge < -0.3 is 9.47 Å². The zero-order chi connectivity index (χ0) is 16.9. The van der Waals surface area contributed by atoms with Crippen LogP contribution in [0.5, 0.6) is 11.5 Å². The summed E-state index contributed by atoms with van der Waals surface area (Å²) >= 11 is 0. The average Bonchev–Trinajstić information content (AvgIpc) is 2.53. The number of hydrogen-bond acceptors (Lipinski definition) is 4. The second-order valence-corrected chi connectivity index (χ2v) is 6.96. The molecule has 0 amide bonds. The molecule has 2 aromatic rings. The zero-order valence-corrected chi connectivity index (χ0v) is 13.7. The van der Waals surface area contributed by atoms with Gasteiger partial charge in [0.1, 0.15) is 17.1 Å². The summed E-state index contributed by atoms with van der Waals surface area (Å²) in [6.07, 6.45) is 0.583. The highest BCUT2D eigenvalue weighted by Crippen LogP contribution is 2.48. The van der Waals surface area contributed by atoms with Gasteiger partial charge in [0.05, 0.1) is 18.4 Å². The van der Waals surface area contributed by atoms with E-state index in [0.717, 1.165) is 11.1 Å². The Balaban J connectivity index is 1.94. The molecule has 0 saturated carbocycles. The fourth-order valence-corrected chi connectivity index (χ4v) is 3.53. The van der Waals surface area contributed by atoms with Crippen LogP contribution in [0.1, 0.15) is 54.1 Å². The summed E-state index contributed by atoms with van der Waals surface area (Å²) in [5, 5.41) is 0. The summed E-state index contributed by atoms with van der Waals surface area (Å²) in [6, 6.07) is 13.2. The average molecular weight is 322 g/mol. The molecule has 24 heavy (non-hydrogen) atoms. The number of ether oxygens (including phenoxy) is 2. The molecule has 2 aromatic carbocycles. The van der Waals surface area contributed by atoms with Gasteiger partial charge in [-0.3, -0.25) is 9.59 Å². The van der Waals surface area contributed by atoms with Crippen molar-refractivity contribution >= 4 is 11.8 Å². The highest BCUT2D eigenvalue weighted by Gasteiger charge is 2.39. The summed E-state index contributed by atoms with van der Waals surface area (Å²) in [7, 11) is 0. The van der Waals surface area contributed by atoms with Gasteiger partial charge in [-0.25, -0.2) is 0 Å². The number of carbonyl (C=O) groups is 2. The van der Waals surface area contributed by atoms with E-state index in [1.807, 2.05) is 44.2 Å². The van der Waals surface area contributed by atoms with E-state index >= 15 is 0 Å². The summed E-state index contributed by atoms with van der Waals surface area (Å²) in [5.41, 5.74) is 1.83. The highest BCUT2D eigenvalue weighted by molar-refractivity contribution is 6.01. The standard InChI is InChI=1S/C20H18O4/c1-20(2)11-15(21)13-8-9-16-18(19(13)24-20)14(10-17(22)23-16)12-6-4-3-5-7-12/h3-9,14H,10-11H2,1-2H3/t14-/m1/s1. The van der Waals surface area contributed by atoms with Crippen molar-refractivity contribution < 1.29 is 19.1 Å². The Kier molecular flexibility index (Phi) is 3.23. The van der Waals surface area contributed by atoms with Crippen LogP contribution in [0.3, 0.4) is 0 Å². The van der Waals surface area contributed by atoms with Crippen LogP contribution in [0.2, 0.25) is 0 Å². The van der Waals surface area contributed by atoms with E-state index in [1.54, 1.807) is 12.1 Å². The van der Waals surface area contributed by atoms with Gasteiger partial charge in [-0.2, -0.15) is 0 Å². The first-order valence-corrected chi connectivity index (χ1v) is 8.09. The normalized spacial score (nSPS) is 21.3. The minimum atomic E-state index is -0.568. The smallest absolute Gasteiger partial charge is 0.312 e. The Hall–Kier alpha value is -2.62. The van der Waals surface area contributed by atoms with Gasteiger partial charge in [-0.1, -0.05) is 30.3 Å². The molecule has 0 unspecified atom stereocenters. The van der Waals surface area contributed by atoms with Crippen molar-refractivity contribution in [2.75, 3.05) is 0 Å². The minimum Gasteiger partial charge on any atom is -0.486 e. The van der Waals surface area contributed by atoms with Crippen molar-refractivity contribution in [2.24, 2.45) is 0 Å². The van der Waals surface area contributed by atoms with E-state index in [-0.39, 0.29) is 24.1 Å². The highest BCUT2D eigenvalue weighted by atomic mass is 16.5. The fraction of sp³-hybridized carbons (Fsp3) is 0.300. The van der Waals surface area contributed by atoms with Crippen molar-refractivity contribution in [3.8, 4) is 11.5 Å². The second-order valence-electron chi connectivity index (χ2n) is 6.96. The molecule has 122 valence electrons. The van der Waals surface area contributed by atoms with Crippen LogP contribution in [-0.2, 0) is 4.79 Å². The molecule has 0 saturated heterocycles. The SMILES string of the molecule is CC1(C)CC(=O)c2ccc3c(c2O1)[C@@H](c1ccccc1)CC(=O)O3. The Bertz CT molecular complexity index is 836. The van der Waals surface area contributed by atoms with Crippen LogP contribution in [-0.4, -0.2) is 17.4 Å². The number of esters is 1. The summed E-state index contributed by atoms with van der Waals surface area (Å²) in [6.45, 7) is 3.80. The molecule has 2 heterocycles. The number of rotatable bonds is 1. The Morgan fingerprint density at radius 1 is 1.04 bits per heavy atom. The lowest BCUT2D eigenvalue weighted by Gasteiger charge is -2.36. The number of ketones is 1. The van der Waals surface area contributed by atoms with Crippen molar-refractivity contribution in [3.63, 3.8) is 0 Å². The molecule has 0 N–H and O–H groups in total. The lowest BCUT2D eigenvalue weighted by atomic mass is 9.82. The molecule has 4 nitrogen and oxygen atoms in total. The van der Waals surface area contributed by atoms with E-state index in [2.05, 4.69) is 0 Å². The fourth-order valence-electron chi connectivity index (χ4n) is 3.53. The van der Waals surface area contributed by atoms with Crippen LogP contribution < -0.4 is 9.47 Å². The van der Waals surface area contributed by atoms with Crippen molar-refractivity contribution in [1.29, 1.82) is 0 Å². The first-order valence-electron chi connectivity index (χ1n) is 8.09. The van der Waals surface area contributed by atoms with Gasteiger partial charge in [0, 0.05) is 11.5 Å². The molecule has 4 rings (SSSR count). The minimum absolute atomic E-state index is 0.0627. The van der Waals surface area contributed by atoms with Crippen LogP contribution in [0.15, 0.2) is 42.5 Å². The number of hydrogen-bond donors (Lipinski definition) is 0. The lowest BCUT2D eigenvalue weighted by molar-refractivity contribution is -0.135. The predicted molar refractivity (Wildman–Crippen MR) is 88.6 cm³/mol. The number of benzene rings is 2. The van der Waals surface area contributed by atoms with E-state index in [1.165, 1.54) is 0 Å². The largest absolute Gasteiger partial charge is 0.486 e. The molecule has 4 heteroatoms. The van der Waals surface area contributed by atoms with Crippen molar-refractivity contribution in [3.05, 3.63) is 59.2 Å². The van der Waals surface area contributed by atoms with Crippen molar-refractivity contribution in [1.82, 2.24) is 0 Å². The van der Waals surface area contributed by atoms with Gasteiger partial charge in [-0.15, -0.1) is 0 Å². The monoisotopic (exact) mass is 322 g/mol. The van der Waals surface area contributed by atoms with E-state index < -0.39 is 5.60 Å². The third-order valence-electron chi connectivity index (χ3n) is 4.57. The van der Waals surface area contributed by atoms with Gasteiger partial charge in [-0.05, 0) is 31.5 Å². The zero-order valence-electron chi connectivity index (χ0n) is 13.7. The summed E-state index contributed by atoms with van der Waals surface area (Å²) in [4.78, 5) is 24.5. The quantitative estimate of drug-likeness (QED) is 0.591. The Morgan fingerprint density at radius 3 is 2.54 bits per heavy atom.